The Labute approximate surface area is 287 Å². The molecule has 12 rings (SSSR count). The van der Waals surface area contributed by atoms with Gasteiger partial charge < -0.3 is 9.13 Å². The van der Waals surface area contributed by atoms with E-state index in [1.165, 1.54) is 98.2 Å². The zero-order valence-electron chi connectivity index (χ0n) is 27.1. The number of para-hydroxylation sites is 1. The lowest BCUT2D eigenvalue weighted by Gasteiger charge is -2.14. The van der Waals surface area contributed by atoms with Gasteiger partial charge in [-0.15, -0.1) is 0 Å². The van der Waals surface area contributed by atoms with Gasteiger partial charge in [0.2, 0.25) is 0 Å². The summed E-state index contributed by atoms with van der Waals surface area (Å²) in [5, 5.41) is 12.9. The van der Waals surface area contributed by atoms with Gasteiger partial charge in [-0.3, -0.25) is 0 Å². The van der Waals surface area contributed by atoms with E-state index < -0.39 is 0 Å². The minimum Gasteiger partial charge on any atom is -0.309 e. The summed E-state index contributed by atoms with van der Waals surface area (Å²) in [4.78, 5) is 0. The van der Waals surface area contributed by atoms with E-state index >= 15 is 0 Å². The van der Waals surface area contributed by atoms with E-state index in [0.29, 0.717) is 0 Å². The Bertz CT molecular complexity index is 3150. The van der Waals surface area contributed by atoms with Crippen LogP contribution in [0.3, 0.4) is 0 Å². The van der Waals surface area contributed by atoms with E-state index in [1.807, 2.05) is 0 Å². The standard InChI is InChI=1S/C48H28N2/c1-3-13-34-29(9-1)19-27-42-46(34)47-35-14-4-2-10-30(35)20-28-43(47)49(42)32-21-23-33(24-22-32)50-41-18-6-5-15-36(41)39-26-25-38-37-16-7-11-31-12-8-17-40(44(31)37)45(38)48(39)50/h1-28H. The molecule has 0 amide bonds. The van der Waals surface area contributed by atoms with Gasteiger partial charge in [-0.1, -0.05) is 127 Å². The van der Waals surface area contributed by atoms with Crippen LogP contribution in [0.25, 0.3) is 110 Å². The monoisotopic (exact) mass is 632 g/mol. The highest BCUT2D eigenvalue weighted by Crippen LogP contribution is 2.52. The van der Waals surface area contributed by atoms with Crippen molar-refractivity contribution < 1.29 is 0 Å². The van der Waals surface area contributed by atoms with Crippen molar-refractivity contribution in [2.75, 3.05) is 0 Å². The summed E-state index contributed by atoms with van der Waals surface area (Å²) in [5.74, 6) is 0. The molecule has 0 fully saturated rings. The largest absolute Gasteiger partial charge is 0.309 e. The number of hydrogen-bond acceptors (Lipinski definition) is 0. The van der Waals surface area contributed by atoms with Crippen LogP contribution in [-0.4, -0.2) is 9.13 Å². The second-order valence-corrected chi connectivity index (χ2v) is 13.7. The highest BCUT2D eigenvalue weighted by molar-refractivity contribution is 6.29. The molecule has 0 aliphatic heterocycles. The molecule has 2 nitrogen and oxygen atoms in total. The molecule has 230 valence electrons. The summed E-state index contributed by atoms with van der Waals surface area (Å²) < 4.78 is 4.94. The first-order valence-electron chi connectivity index (χ1n) is 17.4. The van der Waals surface area contributed by atoms with E-state index in [1.54, 1.807) is 0 Å². The Balaban J connectivity index is 1.14. The van der Waals surface area contributed by atoms with Gasteiger partial charge in [-0.05, 0) is 91.5 Å². The molecule has 1 aliphatic rings. The molecule has 0 saturated carbocycles. The van der Waals surface area contributed by atoms with Crippen LogP contribution in [0.2, 0.25) is 0 Å². The molecule has 0 bridgehead atoms. The smallest absolute Gasteiger partial charge is 0.0625 e. The van der Waals surface area contributed by atoms with Gasteiger partial charge in [0.15, 0.2) is 0 Å². The van der Waals surface area contributed by atoms with E-state index in [9.17, 15) is 0 Å². The topological polar surface area (TPSA) is 9.86 Å². The molecule has 1 aliphatic carbocycles. The molecule has 0 atom stereocenters. The van der Waals surface area contributed by atoms with Crippen LogP contribution in [-0.2, 0) is 0 Å². The molecule has 0 saturated heterocycles. The number of fused-ring (bicyclic) bond motifs is 14. The average molecular weight is 633 g/mol. The third-order valence-corrected chi connectivity index (χ3v) is 11.2. The van der Waals surface area contributed by atoms with Crippen molar-refractivity contribution in [3.63, 3.8) is 0 Å². The van der Waals surface area contributed by atoms with E-state index in [2.05, 4.69) is 179 Å². The zero-order chi connectivity index (χ0) is 32.5. The Morgan fingerprint density at radius 1 is 0.280 bits per heavy atom. The van der Waals surface area contributed by atoms with Crippen molar-refractivity contribution in [3.8, 4) is 33.6 Å². The van der Waals surface area contributed by atoms with Crippen LogP contribution in [0.15, 0.2) is 170 Å². The normalized spacial score (nSPS) is 12.4. The lowest BCUT2D eigenvalue weighted by molar-refractivity contribution is 1.15. The number of benzene rings is 9. The van der Waals surface area contributed by atoms with E-state index in [0.717, 1.165) is 11.4 Å². The minimum absolute atomic E-state index is 1.16. The molecule has 11 aromatic rings. The van der Waals surface area contributed by atoms with Gasteiger partial charge in [0, 0.05) is 38.5 Å². The maximum atomic E-state index is 2.49. The lowest BCUT2D eigenvalue weighted by Crippen LogP contribution is -1.98. The summed E-state index contributed by atoms with van der Waals surface area (Å²) in [5.41, 5.74) is 12.6. The summed E-state index contributed by atoms with van der Waals surface area (Å²) in [6.07, 6.45) is 0. The van der Waals surface area contributed by atoms with Crippen LogP contribution >= 0.6 is 0 Å². The number of nitrogens with zero attached hydrogens (tertiary/aromatic N) is 2. The molecule has 0 unspecified atom stereocenters. The molecule has 0 N–H and O–H groups in total. The van der Waals surface area contributed by atoms with Gasteiger partial charge in [0.05, 0.1) is 22.1 Å². The summed E-state index contributed by atoms with van der Waals surface area (Å²) >= 11 is 0. The summed E-state index contributed by atoms with van der Waals surface area (Å²) in [6, 6.07) is 62.9. The average Bonchev–Trinajstić information content (AvgIpc) is 3.82. The number of rotatable bonds is 2. The van der Waals surface area contributed by atoms with Crippen LogP contribution in [0.4, 0.5) is 0 Å². The van der Waals surface area contributed by atoms with Gasteiger partial charge >= 0.3 is 0 Å². The van der Waals surface area contributed by atoms with Crippen LogP contribution in [0, 0.1) is 0 Å². The van der Waals surface area contributed by atoms with Crippen molar-refractivity contribution in [3.05, 3.63) is 170 Å². The third-order valence-electron chi connectivity index (χ3n) is 11.2. The first-order valence-corrected chi connectivity index (χ1v) is 17.4. The molecule has 0 spiro atoms. The second-order valence-electron chi connectivity index (χ2n) is 13.7. The highest BCUT2D eigenvalue weighted by Gasteiger charge is 2.27. The maximum absolute atomic E-state index is 2.49. The Hall–Kier alpha value is -6.64. The van der Waals surface area contributed by atoms with Crippen LogP contribution in [0.5, 0.6) is 0 Å². The van der Waals surface area contributed by atoms with Crippen molar-refractivity contribution in [2.24, 2.45) is 0 Å². The molecule has 0 radical (unpaired) electrons. The molecule has 2 heterocycles. The highest BCUT2D eigenvalue weighted by atomic mass is 15.0. The molecule has 9 aromatic carbocycles. The SMILES string of the molecule is c1cc2c3c(cccc3c1)-c1c-2ccc2c3ccccc3n(-c3ccc(-n4c5ccc6ccccc6c5c5c6ccccc6ccc54)cc3)c12. The number of hydrogen-bond donors (Lipinski definition) is 0. The first kappa shape index (κ1) is 26.3. The van der Waals surface area contributed by atoms with Gasteiger partial charge in [0.25, 0.3) is 0 Å². The predicted molar refractivity (Wildman–Crippen MR) is 212 cm³/mol. The van der Waals surface area contributed by atoms with Gasteiger partial charge in [-0.25, -0.2) is 0 Å². The molecule has 50 heavy (non-hydrogen) atoms. The Kier molecular flexibility index (Phi) is 5.00. The predicted octanol–water partition coefficient (Wildman–Crippen LogP) is 13.0. The first-order chi connectivity index (χ1) is 24.8. The molecular formula is C48H28N2. The Morgan fingerprint density at radius 2 is 0.840 bits per heavy atom. The van der Waals surface area contributed by atoms with Crippen molar-refractivity contribution >= 4 is 75.9 Å². The summed E-state index contributed by atoms with van der Waals surface area (Å²) in [7, 11) is 0. The van der Waals surface area contributed by atoms with E-state index in [-0.39, 0.29) is 0 Å². The quantitative estimate of drug-likeness (QED) is 0.179. The minimum atomic E-state index is 1.16. The molecule has 2 heteroatoms. The van der Waals surface area contributed by atoms with Gasteiger partial charge in [0.1, 0.15) is 0 Å². The number of aromatic nitrogens is 2. The van der Waals surface area contributed by atoms with Crippen molar-refractivity contribution in [1.82, 2.24) is 9.13 Å². The second kappa shape index (κ2) is 9.49. The van der Waals surface area contributed by atoms with Gasteiger partial charge in [-0.2, -0.15) is 0 Å². The van der Waals surface area contributed by atoms with Crippen LogP contribution < -0.4 is 0 Å². The van der Waals surface area contributed by atoms with Crippen molar-refractivity contribution in [1.29, 1.82) is 0 Å². The fourth-order valence-corrected chi connectivity index (χ4v) is 9.17. The zero-order valence-corrected chi connectivity index (χ0v) is 27.1. The fraction of sp³-hybridized carbons (Fsp3) is 0. The lowest BCUT2D eigenvalue weighted by atomic mass is 10.00. The maximum Gasteiger partial charge on any atom is 0.0625 e. The molecular weight excluding hydrogens is 605 g/mol. The Morgan fingerprint density at radius 3 is 1.52 bits per heavy atom. The third kappa shape index (κ3) is 3.28. The van der Waals surface area contributed by atoms with E-state index in [4.69, 9.17) is 0 Å². The summed E-state index contributed by atoms with van der Waals surface area (Å²) in [6.45, 7) is 0. The molecule has 2 aromatic heterocycles. The van der Waals surface area contributed by atoms with Crippen LogP contribution in [0.1, 0.15) is 0 Å². The van der Waals surface area contributed by atoms with Crippen molar-refractivity contribution in [2.45, 2.75) is 0 Å². The fourth-order valence-electron chi connectivity index (χ4n) is 9.17.